The van der Waals surface area contributed by atoms with Crippen molar-refractivity contribution in [3.05, 3.63) is 32.6 Å². The van der Waals surface area contributed by atoms with Crippen LogP contribution in [0.5, 0.6) is 0 Å². The first-order chi connectivity index (χ1) is 9.10. The van der Waals surface area contributed by atoms with Gasteiger partial charge in [-0.3, -0.25) is 19.4 Å². The summed E-state index contributed by atoms with van der Waals surface area (Å²) < 4.78 is 36.8. The third kappa shape index (κ3) is 4.26. The number of aliphatic carboxylic acids is 1. The van der Waals surface area contributed by atoms with Crippen LogP contribution in [0.4, 0.5) is 13.2 Å². The molecule has 110 valence electrons. The Hall–Kier alpha value is -2.59. The maximum Gasteiger partial charge on any atom is 0.406 e. The lowest BCUT2D eigenvalue weighted by Gasteiger charge is -2.21. The average Bonchev–Trinajstić information content (AvgIpc) is 2.24. The number of nitrogens with zero attached hydrogens (tertiary/aromatic N) is 1. The molecular formula is C9H8F3N3O5. The summed E-state index contributed by atoms with van der Waals surface area (Å²) in [6.45, 7) is -3.08. The van der Waals surface area contributed by atoms with Gasteiger partial charge < -0.3 is 15.0 Å². The van der Waals surface area contributed by atoms with E-state index in [-0.39, 0.29) is 4.90 Å². The van der Waals surface area contributed by atoms with Gasteiger partial charge in [-0.25, -0.2) is 4.79 Å². The van der Waals surface area contributed by atoms with Crippen molar-refractivity contribution in [1.29, 1.82) is 0 Å². The van der Waals surface area contributed by atoms with Crippen LogP contribution in [0.1, 0.15) is 10.4 Å². The van der Waals surface area contributed by atoms with E-state index < -0.39 is 48.0 Å². The van der Waals surface area contributed by atoms with Gasteiger partial charge in [-0.1, -0.05) is 0 Å². The minimum Gasteiger partial charge on any atom is -0.480 e. The van der Waals surface area contributed by atoms with E-state index in [0.29, 0.717) is 6.20 Å². The Kier molecular flexibility index (Phi) is 4.32. The van der Waals surface area contributed by atoms with Gasteiger partial charge in [-0.15, -0.1) is 0 Å². The molecule has 20 heavy (non-hydrogen) atoms. The second-order valence-electron chi connectivity index (χ2n) is 3.66. The number of rotatable bonds is 4. The molecule has 0 spiro atoms. The lowest BCUT2D eigenvalue weighted by molar-refractivity contribution is -0.149. The van der Waals surface area contributed by atoms with Gasteiger partial charge >= 0.3 is 17.8 Å². The zero-order valence-electron chi connectivity index (χ0n) is 9.65. The number of aromatic nitrogens is 2. The number of carbonyl (C=O) groups is 2. The van der Waals surface area contributed by atoms with Crippen molar-refractivity contribution in [2.45, 2.75) is 6.18 Å². The molecule has 1 rings (SSSR count). The molecule has 1 aromatic heterocycles. The number of hydrogen-bond donors (Lipinski definition) is 3. The van der Waals surface area contributed by atoms with Crippen LogP contribution >= 0.6 is 0 Å². The fourth-order valence-electron chi connectivity index (χ4n) is 1.32. The van der Waals surface area contributed by atoms with E-state index in [0.717, 1.165) is 0 Å². The monoisotopic (exact) mass is 295 g/mol. The molecule has 0 bridgehead atoms. The molecule has 1 aromatic rings. The topological polar surface area (TPSA) is 123 Å². The number of hydrogen-bond acceptors (Lipinski definition) is 4. The number of H-pyrrole nitrogens is 2. The van der Waals surface area contributed by atoms with Crippen LogP contribution in [0.2, 0.25) is 0 Å². The first-order valence-corrected chi connectivity index (χ1v) is 5.00. The Morgan fingerprint density at radius 1 is 1.30 bits per heavy atom. The Balaban J connectivity index is 3.12. The van der Waals surface area contributed by atoms with E-state index in [2.05, 4.69) is 0 Å². The van der Waals surface area contributed by atoms with Crippen molar-refractivity contribution >= 4 is 11.9 Å². The molecule has 0 aliphatic heterocycles. The molecule has 0 aromatic carbocycles. The van der Waals surface area contributed by atoms with E-state index >= 15 is 0 Å². The molecule has 3 N–H and O–H groups in total. The van der Waals surface area contributed by atoms with Crippen LogP contribution < -0.4 is 11.2 Å². The van der Waals surface area contributed by atoms with Crippen molar-refractivity contribution < 1.29 is 27.9 Å². The van der Waals surface area contributed by atoms with Crippen molar-refractivity contribution in [3.63, 3.8) is 0 Å². The molecule has 0 atom stereocenters. The molecular weight excluding hydrogens is 287 g/mol. The first-order valence-electron chi connectivity index (χ1n) is 5.00. The van der Waals surface area contributed by atoms with Gasteiger partial charge in [0.2, 0.25) is 0 Å². The fraction of sp³-hybridized carbons (Fsp3) is 0.333. The summed E-state index contributed by atoms with van der Waals surface area (Å²) in [6, 6.07) is 0. The maximum atomic E-state index is 12.3. The molecule has 1 amide bonds. The molecule has 0 aliphatic carbocycles. The summed E-state index contributed by atoms with van der Waals surface area (Å²) in [5.41, 5.74) is -2.96. The molecule has 0 saturated carbocycles. The van der Waals surface area contributed by atoms with Crippen LogP contribution in [0.15, 0.2) is 15.8 Å². The van der Waals surface area contributed by atoms with Crippen LogP contribution in [0, 0.1) is 0 Å². The summed E-state index contributed by atoms with van der Waals surface area (Å²) in [5, 5.41) is 8.48. The highest BCUT2D eigenvalue weighted by Gasteiger charge is 2.35. The molecule has 0 aliphatic rings. The highest BCUT2D eigenvalue weighted by Crippen LogP contribution is 2.17. The number of aromatic amines is 2. The van der Waals surface area contributed by atoms with Gasteiger partial charge in [0.05, 0.1) is 0 Å². The minimum atomic E-state index is -4.83. The number of halogens is 3. The van der Waals surface area contributed by atoms with Crippen molar-refractivity contribution in [2.24, 2.45) is 0 Å². The standard InChI is InChI=1S/C9H8F3N3O5/c10-9(11,12)3-15(2-5(16)17)7(19)4-1-13-8(20)14-6(4)18/h1H,2-3H2,(H,16,17)(H2,13,14,18,20). The number of amides is 1. The fourth-order valence-corrected chi connectivity index (χ4v) is 1.32. The first kappa shape index (κ1) is 15.5. The smallest absolute Gasteiger partial charge is 0.406 e. The van der Waals surface area contributed by atoms with Gasteiger partial charge in [0, 0.05) is 6.20 Å². The SMILES string of the molecule is O=C(O)CN(CC(F)(F)F)C(=O)c1c[nH]c(=O)[nH]c1=O. The van der Waals surface area contributed by atoms with Crippen LogP contribution in [0.3, 0.4) is 0 Å². The zero-order chi connectivity index (χ0) is 15.5. The number of carboxylic acids is 1. The second kappa shape index (κ2) is 5.59. The molecule has 1 heterocycles. The third-order valence-corrected chi connectivity index (χ3v) is 2.03. The Labute approximate surface area is 107 Å². The van der Waals surface area contributed by atoms with Crippen LogP contribution in [-0.4, -0.2) is 51.1 Å². The van der Waals surface area contributed by atoms with Crippen molar-refractivity contribution in [2.75, 3.05) is 13.1 Å². The van der Waals surface area contributed by atoms with Gasteiger partial charge in [0.15, 0.2) is 0 Å². The van der Waals surface area contributed by atoms with E-state index in [4.69, 9.17) is 5.11 Å². The number of nitrogens with one attached hydrogen (secondary N) is 2. The predicted octanol–water partition coefficient (Wildman–Crippen LogP) is -0.848. The Bertz CT molecular complexity index is 633. The number of alkyl halides is 3. The third-order valence-electron chi connectivity index (χ3n) is 2.03. The molecule has 0 saturated heterocycles. The molecule has 0 radical (unpaired) electrons. The highest BCUT2D eigenvalue weighted by molar-refractivity contribution is 5.95. The molecule has 8 nitrogen and oxygen atoms in total. The lowest BCUT2D eigenvalue weighted by Crippen LogP contribution is -2.44. The molecule has 0 fully saturated rings. The van der Waals surface area contributed by atoms with E-state index in [1.165, 1.54) is 0 Å². The largest absolute Gasteiger partial charge is 0.480 e. The maximum absolute atomic E-state index is 12.3. The summed E-state index contributed by atoms with van der Waals surface area (Å²) in [7, 11) is 0. The summed E-state index contributed by atoms with van der Waals surface area (Å²) >= 11 is 0. The Morgan fingerprint density at radius 2 is 1.90 bits per heavy atom. The van der Waals surface area contributed by atoms with Crippen LogP contribution in [0.25, 0.3) is 0 Å². The average molecular weight is 295 g/mol. The van der Waals surface area contributed by atoms with Crippen LogP contribution in [-0.2, 0) is 4.79 Å². The lowest BCUT2D eigenvalue weighted by atomic mass is 10.2. The van der Waals surface area contributed by atoms with Crippen molar-refractivity contribution in [3.8, 4) is 0 Å². The normalized spacial score (nSPS) is 11.2. The molecule has 0 unspecified atom stereocenters. The minimum absolute atomic E-state index is 0.0643. The predicted molar refractivity (Wildman–Crippen MR) is 57.3 cm³/mol. The van der Waals surface area contributed by atoms with Gasteiger partial charge in [-0.2, -0.15) is 13.2 Å². The molecule has 11 heteroatoms. The van der Waals surface area contributed by atoms with E-state index in [9.17, 15) is 32.3 Å². The highest BCUT2D eigenvalue weighted by atomic mass is 19.4. The summed E-state index contributed by atoms with van der Waals surface area (Å²) in [4.78, 5) is 47.7. The quantitative estimate of drug-likeness (QED) is 0.667. The summed E-state index contributed by atoms with van der Waals surface area (Å²) in [6.07, 6.45) is -4.21. The Morgan fingerprint density at radius 3 is 2.35 bits per heavy atom. The van der Waals surface area contributed by atoms with Gasteiger partial charge in [0.1, 0.15) is 18.7 Å². The second-order valence-corrected chi connectivity index (χ2v) is 3.66. The van der Waals surface area contributed by atoms with Gasteiger partial charge in [0.25, 0.3) is 11.5 Å². The van der Waals surface area contributed by atoms with Gasteiger partial charge in [-0.05, 0) is 0 Å². The number of carbonyl (C=O) groups excluding carboxylic acids is 1. The zero-order valence-corrected chi connectivity index (χ0v) is 9.65. The van der Waals surface area contributed by atoms with Crippen molar-refractivity contribution in [1.82, 2.24) is 14.9 Å². The van der Waals surface area contributed by atoms with E-state index in [1.54, 1.807) is 4.98 Å². The number of carboxylic acid groups (broad SMARTS) is 1. The summed E-state index contributed by atoms with van der Waals surface area (Å²) in [5.74, 6) is -3.13. The van der Waals surface area contributed by atoms with E-state index in [1.807, 2.05) is 4.98 Å².